The van der Waals surface area contributed by atoms with Crippen molar-refractivity contribution in [2.45, 2.75) is 13.8 Å². The van der Waals surface area contributed by atoms with Crippen LogP contribution in [-0.2, 0) is 28.5 Å². The Morgan fingerprint density at radius 3 is 2.11 bits per heavy atom. The third kappa shape index (κ3) is 14.1. The lowest BCUT2D eigenvalue weighted by atomic mass is 10.5. The number of esters is 2. The first-order chi connectivity index (χ1) is 9.03. The van der Waals surface area contributed by atoms with Gasteiger partial charge in [-0.15, -0.1) is 0 Å². The molecule has 0 N–H and O–H groups in total. The number of methoxy groups -OCH3 is 1. The van der Waals surface area contributed by atoms with Gasteiger partial charge in [-0.05, 0) is 20.4 Å². The van der Waals surface area contributed by atoms with Gasteiger partial charge in [0.15, 0.2) is 5.76 Å². The zero-order valence-electron chi connectivity index (χ0n) is 11.8. The Hall–Kier alpha value is -1.82. The van der Waals surface area contributed by atoms with Crippen molar-refractivity contribution in [1.82, 2.24) is 0 Å². The third-order valence-electron chi connectivity index (χ3n) is 1.58. The van der Waals surface area contributed by atoms with Crippen LogP contribution in [0.25, 0.3) is 0 Å². The van der Waals surface area contributed by atoms with Gasteiger partial charge in [0.05, 0.1) is 20.3 Å². The second kappa shape index (κ2) is 14.2. The largest absolute Gasteiger partial charge is 0.487 e. The van der Waals surface area contributed by atoms with Gasteiger partial charge in [-0.2, -0.15) is 0 Å². The van der Waals surface area contributed by atoms with Crippen molar-refractivity contribution in [3.63, 3.8) is 0 Å². The van der Waals surface area contributed by atoms with Crippen molar-refractivity contribution in [3.8, 4) is 0 Å². The summed E-state index contributed by atoms with van der Waals surface area (Å²) in [6.07, 6.45) is 1.11. The SMILES string of the molecule is C=C(OCC)C(=O)OCCOCC.C=CC(=O)OC. The topological polar surface area (TPSA) is 71.1 Å². The Balaban J connectivity index is 0. The molecule has 110 valence electrons. The van der Waals surface area contributed by atoms with Crippen LogP contribution in [0.3, 0.4) is 0 Å². The van der Waals surface area contributed by atoms with Gasteiger partial charge in [-0.1, -0.05) is 6.58 Å². The van der Waals surface area contributed by atoms with Gasteiger partial charge in [-0.25, -0.2) is 9.59 Å². The van der Waals surface area contributed by atoms with E-state index in [1.807, 2.05) is 6.92 Å². The molecule has 0 heterocycles. The molecule has 0 aromatic carbocycles. The van der Waals surface area contributed by atoms with Crippen LogP contribution in [0.15, 0.2) is 25.0 Å². The smallest absolute Gasteiger partial charge is 0.373 e. The number of hydrogen-bond donors (Lipinski definition) is 0. The summed E-state index contributed by atoms with van der Waals surface area (Å²) in [6, 6.07) is 0. The molecule has 6 heteroatoms. The molecule has 0 atom stereocenters. The fourth-order valence-electron chi connectivity index (χ4n) is 0.735. The second-order valence-electron chi connectivity index (χ2n) is 2.92. The van der Waals surface area contributed by atoms with Gasteiger partial charge in [0.25, 0.3) is 0 Å². The van der Waals surface area contributed by atoms with E-state index in [9.17, 15) is 9.59 Å². The normalized spacial score (nSPS) is 8.58. The third-order valence-corrected chi connectivity index (χ3v) is 1.58. The standard InChI is InChI=1S/C9H16O4.C4H6O2/c1-4-11-6-7-13-9(10)8(3)12-5-2;1-3-4(5)6-2/h3-7H2,1-2H3;3H,1H2,2H3. The molecule has 6 nitrogen and oxygen atoms in total. The summed E-state index contributed by atoms with van der Waals surface area (Å²) < 4.78 is 18.7. The maximum Gasteiger partial charge on any atom is 0.373 e. The van der Waals surface area contributed by atoms with Crippen LogP contribution >= 0.6 is 0 Å². The van der Waals surface area contributed by atoms with E-state index in [-0.39, 0.29) is 12.4 Å². The zero-order valence-corrected chi connectivity index (χ0v) is 11.8. The first kappa shape index (κ1) is 19.5. The summed E-state index contributed by atoms with van der Waals surface area (Å²) in [4.78, 5) is 20.8. The summed E-state index contributed by atoms with van der Waals surface area (Å²) in [5.41, 5.74) is 0. The van der Waals surface area contributed by atoms with E-state index in [1.165, 1.54) is 7.11 Å². The molecule has 0 bridgehead atoms. The minimum atomic E-state index is -0.526. The number of hydrogen-bond acceptors (Lipinski definition) is 6. The van der Waals surface area contributed by atoms with Gasteiger partial charge in [-0.3, -0.25) is 0 Å². The van der Waals surface area contributed by atoms with E-state index >= 15 is 0 Å². The fourth-order valence-corrected chi connectivity index (χ4v) is 0.735. The average molecular weight is 274 g/mol. The molecule has 0 spiro atoms. The van der Waals surface area contributed by atoms with Crippen molar-refractivity contribution in [1.29, 1.82) is 0 Å². The predicted octanol–water partition coefficient (Wildman–Crippen LogP) is 1.46. The van der Waals surface area contributed by atoms with E-state index in [4.69, 9.17) is 14.2 Å². The molecule has 0 aliphatic carbocycles. The molecule has 0 aromatic rings. The Bertz CT molecular complexity index is 285. The Morgan fingerprint density at radius 2 is 1.74 bits per heavy atom. The molecule has 0 amide bonds. The van der Waals surface area contributed by atoms with E-state index in [1.54, 1.807) is 6.92 Å². The summed E-state index contributed by atoms with van der Waals surface area (Å²) in [5.74, 6) is -0.879. The molecule has 0 aromatic heterocycles. The Morgan fingerprint density at radius 1 is 1.11 bits per heavy atom. The lowest BCUT2D eigenvalue weighted by molar-refractivity contribution is -0.144. The Kier molecular flexibility index (Phi) is 14.6. The van der Waals surface area contributed by atoms with Crippen LogP contribution in [0.5, 0.6) is 0 Å². The highest BCUT2D eigenvalue weighted by Crippen LogP contribution is 1.96. The minimum absolute atomic E-state index is 0.0407. The summed E-state index contributed by atoms with van der Waals surface area (Å²) in [5, 5.41) is 0. The van der Waals surface area contributed by atoms with E-state index in [0.717, 1.165) is 6.08 Å². The number of carbonyl (C=O) groups excluding carboxylic acids is 2. The summed E-state index contributed by atoms with van der Waals surface area (Å²) in [7, 11) is 1.31. The van der Waals surface area contributed by atoms with Crippen LogP contribution < -0.4 is 0 Å². The maximum atomic E-state index is 11.0. The van der Waals surface area contributed by atoms with E-state index in [2.05, 4.69) is 17.9 Å². The van der Waals surface area contributed by atoms with Gasteiger partial charge >= 0.3 is 11.9 Å². The second-order valence-corrected chi connectivity index (χ2v) is 2.92. The molecule has 0 saturated heterocycles. The van der Waals surface area contributed by atoms with E-state index < -0.39 is 11.9 Å². The van der Waals surface area contributed by atoms with Gasteiger partial charge in [0.2, 0.25) is 0 Å². The summed E-state index contributed by atoms with van der Waals surface area (Å²) >= 11 is 0. The molecule has 0 fully saturated rings. The molecule has 0 unspecified atom stereocenters. The van der Waals surface area contributed by atoms with Crippen molar-refractivity contribution in [3.05, 3.63) is 25.0 Å². The quantitative estimate of drug-likeness (QED) is 0.289. The lowest BCUT2D eigenvalue weighted by Crippen LogP contribution is -2.13. The van der Waals surface area contributed by atoms with Crippen LogP contribution in [0.1, 0.15) is 13.8 Å². The first-order valence-corrected chi connectivity index (χ1v) is 5.80. The number of ether oxygens (including phenoxy) is 4. The fraction of sp³-hybridized carbons (Fsp3) is 0.538. The molecular weight excluding hydrogens is 252 g/mol. The molecule has 0 saturated carbocycles. The highest BCUT2D eigenvalue weighted by molar-refractivity contribution is 5.85. The van der Waals surface area contributed by atoms with Crippen LogP contribution in [0.2, 0.25) is 0 Å². The van der Waals surface area contributed by atoms with Gasteiger partial charge in [0, 0.05) is 12.7 Å². The zero-order chi connectivity index (χ0) is 15.1. The van der Waals surface area contributed by atoms with Crippen LogP contribution in [-0.4, -0.2) is 45.5 Å². The molecule has 0 rings (SSSR count). The maximum absolute atomic E-state index is 11.0. The van der Waals surface area contributed by atoms with Crippen LogP contribution in [0, 0.1) is 0 Å². The first-order valence-electron chi connectivity index (χ1n) is 5.80. The van der Waals surface area contributed by atoms with Crippen molar-refractivity contribution >= 4 is 11.9 Å². The Labute approximate surface area is 114 Å². The highest BCUT2D eigenvalue weighted by Gasteiger charge is 2.08. The van der Waals surface area contributed by atoms with Crippen molar-refractivity contribution in [2.75, 3.05) is 33.5 Å². The minimum Gasteiger partial charge on any atom is -0.487 e. The molecule has 0 aliphatic heterocycles. The molecule has 0 radical (unpaired) electrons. The van der Waals surface area contributed by atoms with Gasteiger partial charge in [0.1, 0.15) is 6.61 Å². The average Bonchev–Trinajstić information content (AvgIpc) is 2.43. The van der Waals surface area contributed by atoms with Crippen molar-refractivity contribution < 1.29 is 28.5 Å². The van der Waals surface area contributed by atoms with Crippen molar-refractivity contribution in [2.24, 2.45) is 0 Å². The molecular formula is C13H22O6. The number of rotatable bonds is 8. The van der Waals surface area contributed by atoms with Gasteiger partial charge < -0.3 is 18.9 Å². The lowest BCUT2D eigenvalue weighted by Gasteiger charge is -2.06. The molecule has 0 aliphatic rings. The predicted molar refractivity (Wildman–Crippen MR) is 70.4 cm³/mol. The summed E-state index contributed by atoms with van der Waals surface area (Å²) in [6.45, 7) is 11.9. The number of carbonyl (C=O) groups is 2. The monoisotopic (exact) mass is 274 g/mol. The molecule has 19 heavy (non-hydrogen) atoms. The van der Waals surface area contributed by atoms with E-state index in [0.29, 0.717) is 19.8 Å². The highest BCUT2D eigenvalue weighted by atomic mass is 16.6. The van der Waals surface area contributed by atoms with Crippen LogP contribution in [0.4, 0.5) is 0 Å².